The zero-order valence-electron chi connectivity index (χ0n) is 82.0. The fourth-order valence-corrected chi connectivity index (χ4v) is 15.9. The van der Waals surface area contributed by atoms with E-state index in [4.69, 9.17) is 32.3 Å². The Balaban J connectivity index is 4.53. The highest BCUT2D eigenvalue weighted by Crippen LogP contribution is 2.45. The molecule has 0 saturated carbocycles. The molecule has 0 rings (SSSR count). The molecule has 0 aliphatic carbocycles. The highest BCUT2D eigenvalue weighted by atomic mass is 31.2. The maximum absolute atomic E-state index is 13.1. The van der Waals surface area contributed by atoms with Gasteiger partial charge in [0.2, 0.25) is 0 Å². The van der Waals surface area contributed by atoms with Gasteiger partial charge in [-0.15, -0.1) is 0 Å². The summed E-state index contributed by atoms with van der Waals surface area (Å²) in [6, 6.07) is 0. The normalized spacial score (nSPS) is 14.4. The van der Waals surface area contributed by atoms with Crippen molar-refractivity contribution in [2.24, 2.45) is 0 Å². The van der Waals surface area contributed by atoms with Crippen LogP contribution < -0.4 is 0 Å². The maximum Gasteiger partial charge on any atom is 0.472 e. The van der Waals surface area contributed by atoms with Crippen LogP contribution in [0.4, 0.5) is 0 Å². The molecule has 0 radical (unpaired) electrons. The lowest BCUT2D eigenvalue weighted by molar-refractivity contribution is -0.161. The highest BCUT2D eigenvalue weighted by molar-refractivity contribution is 7.47. The third-order valence-corrected chi connectivity index (χ3v) is 24.0. The first-order chi connectivity index (χ1) is 63.2. The van der Waals surface area contributed by atoms with E-state index in [0.29, 0.717) is 19.3 Å². The number of phosphoric acid groups is 2. The van der Waals surface area contributed by atoms with E-state index < -0.39 is 91.5 Å². The minimum Gasteiger partial charge on any atom is -0.463 e. The van der Waals surface area contributed by atoms with E-state index in [-0.39, 0.29) is 19.3 Å². The van der Waals surface area contributed by atoms with Gasteiger partial charge < -0.3 is 34.2 Å². The van der Waals surface area contributed by atoms with Crippen molar-refractivity contribution in [1.82, 2.24) is 0 Å². The van der Waals surface area contributed by atoms with Crippen molar-refractivity contribution in [3.8, 4) is 0 Å². The molecule has 0 heterocycles. The monoisotopic (exact) mass is 1840 g/mol. The smallest absolute Gasteiger partial charge is 0.463 e. The number of hydrogen-bond acceptors (Lipinski definition) is 14. The molecule has 18 heteroatoms. The lowest BCUT2D eigenvalue weighted by atomic mass is 10.0. The molecule has 0 saturated heterocycles. The summed E-state index contributed by atoms with van der Waals surface area (Å²) >= 11 is 0. The van der Waals surface area contributed by atoms with Gasteiger partial charge in [-0.05, 0) is 154 Å². The molecule has 0 bridgehead atoms. The van der Waals surface area contributed by atoms with Gasteiger partial charge >= 0.3 is 33.6 Å². The highest BCUT2D eigenvalue weighted by Gasteiger charge is 2.30. The van der Waals surface area contributed by atoms with E-state index in [9.17, 15) is 43.5 Å². The molecule has 0 aromatic heterocycles. The standard InChI is InChI=1S/C111H190O16P2/c1-4-7-10-13-16-19-22-25-28-31-34-37-40-42-44-46-48-50-52-54-56-58-60-62-65-67-70-73-76-79-82-85-88-91-94-97-109(114)121-100-106(112)101-123-128(117,118)124-102-107(113)103-125-129(119,120)126-105-108(127-111(116)99-96-93-90-87-84-81-78-75-72-69-64-39-36-33-30-27-24-21-18-15-12-9-6-3)104-122-110(115)98-95-92-89-86-83-80-77-74-71-68-66-63-61-59-57-55-53-51-49-47-45-43-41-38-35-32-29-26-23-20-17-14-11-8-5-2/h7-12,16-21,25-30,34-39,42-45,69,72,106-108,112-113H,4-6,13-15,22-24,31-33,40-41,46-68,70-71,73-105H2,1-3H3,(H,117,118)(H,119,120)/b10-7-,11-8-,12-9-,19-16-,20-17-,21-18-,28-25-,29-26-,30-27-,37-34-,38-35-,39-36-,44-42-,45-43-,72-69-. The summed E-state index contributed by atoms with van der Waals surface area (Å²) < 4.78 is 61.7. The predicted molar refractivity (Wildman–Crippen MR) is 546 cm³/mol. The van der Waals surface area contributed by atoms with Gasteiger partial charge in [0.25, 0.3) is 0 Å². The Kier molecular flexibility index (Phi) is 97.4. The van der Waals surface area contributed by atoms with Crippen molar-refractivity contribution in [3.63, 3.8) is 0 Å². The summed E-state index contributed by atoms with van der Waals surface area (Å²) in [5.74, 6) is -1.57. The van der Waals surface area contributed by atoms with Crippen LogP contribution in [0.25, 0.3) is 0 Å². The van der Waals surface area contributed by atoms with E-state index in [0.717, 1.165) is 180 Å². The summed E-state index contributed by atoms with van der Waals surface area (Å²) in [5, 5.41) is 20.8. The number of hydrogen-bond donors (Lipinski definition) is 4. The van der Waals surface area contributed by atoms with Crippen molar-refractivity contribution in [1.29, 1.82) is 0 Å². The predicted octanol–water partition coefficient (Wildman–Crippen LogP) is 33.1. The number of carbonyl (C=O) groups is 3. The SMILES string of the molecule is CC/C=C\C/C=C\C/C=C\C/C=C\C/C=C\CCCCCCCCCCCCCCCCCCCCCC(=O)OCC(O)COP(=O)(O)OCC(O)COP(=O)(O)OCC(COC(=O)CCCCCCCCCCCCCCCCCCCCC/C=C\C/C=C\C/C=C\C/C=C\C/C=C\CC)OC(=O)CCCCCCCCC/C=C\C/C=C\C/C=C\C/C=C\C/C=C\CC. The van der Waals surface area contributed by atoms with Crippen LogP contribution in [0.1, 0.15) is 445 Å². The van der Waals surface area contributed by atoms with Crippen LogP contribution in [0.15, 0.2) is 182 Å². The number of ether oxygens (including phenoxy) is 3. The number of aliphatic hydroxyl groups is 2. The Morgan fingerprint density at radius 2 is 0.388 bits per heavy atom. The summed E-state index contributed by atoms with van der Waals surface area (Å²) in [7, 11) is -9.82. The van der Waals surface area contributed by atoms with Crippen LogP contribution in [0, 0.1) is 0 Å². The Bertz CT molecular complexity index is 3080. The van der Waals surface area contributed by atoms with Gasteiger partial charge in [-0.2, -0.15) is 0 Å². The number of esters is 3. The quantitative estimate of drug-likeness (QED) is 0.0146. The summed E-state index contributed by atoms with van der Waals surface area (Å²) in [6.07, 6.45) is 135. The Morgan fingerprint density at radius 3 is 0.612 bits per heavy atom. The van der Waals surface area contributed by atoms with E-state index in [1.807, 2.05) is 0 Å². The van der Waals surface area contributed by atoms with Crippen LogP contribution in [0.3, 0.4) is 0 Å². The fourth-order valence-electron chi connectivity index (χ4n) is 14.4. The number of unbranched alkanes of at least 4 members (excludes halogenated alkanes) is 45. The van der Waals surface area contributed by atoms with Crippen LogP contribution in [0.5, 0.6) is 0 Å². The van der Waals surface area contributed by atoms with Crippen molar-refractivity contribution in [2.45, 2.75) is 463 Å². The van der Waals surface area contributed by atoms with Crippen molar-refractivity contribution < 1.29 is 75.8 Å². The van der Waals surface area contributed by atoms with Gasteiger partial charge in [-0.3, -0.25) is 32.5 Å². The van der Waals surface area contributed by atoms with E-state index in [2.05, 4.69) is 203 Å². The summed E-state index contributed by atoms with van der Waals surface area (Å²) in [5.41, 5.74) is 0. The Morgan fingerprint density at radius 1 is 0.217 bits per heavy atom. The second kappa shape index (κ2) is 102. The van der Waals surface area contributed by atoms with Crippen molar-refractivity contribution in [2.75, 3.05) is 39.6 Å². The summed E-state index contributed by atoms with van der Waals surface area (Å²) in [4.78, 5) is 59.2. The number of allylic oxidation sites excluding steroid dienone is 30. The van der Waals surface area contributed by atoms with Gasteiger partial charge in [0.15, 0.2) is 6.10 Å². The van der Waals surface area contributed by atoms with E-state index in [1.165, 1.54) is 205 Å². The van der Waals surface area contributed by atoms with Gasteiger partial charge in [-0.25, -0.2) is 9.13 Å². The molecular formula is C111H190O16P2. The number of rotatable bonds is 98. The molecule has 16 nitrogen and oxygen atoms in total. The molecule has 0 aromatic carbocycles. The molecule has 0 spiro atoms. The maximum atomic E-state index is 13.1. The minimum atomic E-state index is -4.95. The molecule has 129 heavy (non-hydrogen) atoms. The topological polar surface area (TPSA) is 231 Å². The van der Waals surface area contributed by atoms with Crippen molar-refractivity contribution >= 4 is 33.6 Å². The van der Waals surface area contributed by atoms with Crippen molar-refractivity contribution in [3.05, 3.63) is 182 Å². The lowest BCUT2D eigenvalue weighted by Crippen LogP contribution is -2.30. The zero-order valence-corrected chi connectivity index (χ0v) is 83.8. The Hall–Kier alpha value is -5.35. The average molecular weight is 1840 g/mol. The minimum absolute atomic E-state index is 0.0892. The number of aliphatic hydroxyl groups excluding tert-OH is 2. The molecule has 4 N–H and O–H groups in total. The zero-order chi connectivity index (χ0) is 93.5. The van der Waals surface area contributed by atoms with Gasteiger partial charge in [0, 0.05) is 19.3 Å². The molecule has 0 aliphatic heterocycles. The largest absolute Gasteiger partial charge is 0.472 e. The molecule has 0 aliphatic rings. The third-order valence-electron chi connectivity index (χ3n) is 22.1. The fraction of sp³-hybridized carbons (Fsp3) is 0.703. The molecule has 0 aromatic rings. The van der Waals surface area contributed by atoms with E-state index in [1.54, 1.807) is 0 Å². The summed E-state index contributed by atoms with van der Waals surface area (Å²) in [6.45, 7) is 2.40. The average Bonchev–Trinajstić information content (AvgIpc) is 0.899. The molecule has 740 valence electrons. The van der Waals surface area contributed by atoms with Gasteiger partial charge in [0.1, 0.15) is 25.4 Å². The van der Waals surface area contributed by atoms with Crippen LogP contribution in [0.2, 0.25) is 0 Å². The van der Waals surface area contributed by atoms with Crippen LogP contribution in [-0.2, 0) is 55.8 Å². The number of carbonyl (C=O) groups excluding carboxylic acids is 3. The second-order valence-corrected chi connectivity index (χ2v) is 37.5. The molecule has 0 fully saturated rings. The van der Waals surface area contributed by atoms with Gasteiger partial charge in [-0.1, -0.05) is 453 Å². The number of phosphoric ester groups is 2. The second-order valence-electron chi connectivity index (χ2n) is 34.6. The lowest BCUT2D eigenvalue weighted by Gasteiger charge is -2.21. The molecule has 5 unspecified atom stereocenters. The Labute approximate surface area is 789 Å². The first-order valence-corrected chi connectivity index (χ1v) is 55.1. The van der Waals surface area contributed by atoms with E-state index >= 15 is 0 Å². The molecular weight excluding hydrogens is 1650 g/mol. The first-order valence-electron chi connectivity index (χ1n) is 52.1. The third kappa shape index (κ3) is 103. The van der Waals surface area contributed by atoms with Crippen LogP contribution >= 0.6 is 15.6 Å². The van der Waals surface area contributed by atoms with Crippen LogP contribution in [-0.4, -0.2) is 95.9 Å². The van der Waals surface area contributed by atoms with Gasteiger partial charge in [0.05, 0.1) is 26.4 Å². The molecule has 0 amide bonds. The molecule has 5 atom stereocenters. The first kappa shape index (κ1) is 124.